The van der Waals surface area contributed by atoms with Crippen LogP contribution < -0.4 is 10.0 Å². The van der Waals surface area contributed by atoms with Crippen molar-refractivity contribution < 1.29 is 15.0 Å². The topological polar surface area (TPSA) is 63.6 Å². The third kappa shape index (κ3) is 2.79. The minimum Gasteiger partial charge on any atom is -0.872 e. The van der Waals surface area contributed by atoms with Gasteiger partial charge in [-0.3, -0.25) is 4.90 Å². The maximum Gasteiger partial charge on any atom is 0.412 e. The van der Waals surface area contributed by atoms with Gasteiger partial charge < -0.3 is 10.2 Å². The smallest absolute Gasteiger partial charge is 0.412 e. The van der Waals surface area contributed by atoms with E-state index >= 15 is 0 Å². The Kier molecular flexibility index (Phi) is 3.48. The Balaban J connectivity index is 2.24. The van der Waals surface area contributed by atoms with Gasteiger partial charge in [0.15, 0.2) is 0 Å². The van der Waals surface area contributed by atoms with Crippen LogP contribution in [-0.4, -0.2) is 11.2 Å². The molecule has 0 saturated carbocycles. The van der Waals surface area contributed by atoms with Crippen LogP contribution in [0, 0.1) is 0 Å². The molecule has 0 bridgehead atoms. The highest BCUT2D eigenvalue weighted by Gasteiger charge is 2.13. The predicted molar refractivity (Wildman–Crippen MR) is 66.5 cm³/mol. The van der Waals surface area contributed by atoms with Crippen LogP contribution in [0.25, 0.3) is 0 Å². The molecule has 0 radical (unpaired) electrons. The average molecular weight is 242 g/mol. The molecule has 4 heteroatoms. The van der Waals surface area contributed by atoms with Crippen molar-refractivity contribution in [3.8, 4) is 5.75 Å². The largest absolute Gasteiger partial charge is 0.872 e. The fourth-order valence-electron chi connectivity index (χ4n) is 1.66. The highest BCUT2D eigenvalue weighted by Crippen LogP contribution is 2.19. The molecule has 2 aromatic carbocycles. The van der Waals surface area contributed by atoms with Gasteiger partial charge in [-0.05, 0) is 17.7 Å². The molecule has 2 rings (SSSR count). The lowest BCUT2D eigenvalue weighted by atomic mass is 10.2. The fraction of sp³-hybridized carbons (Fsp3) is 0.0714. The number of amides is 1. The van der Waals surface area contributed by atoms with Crippen LogP contribution in [0.2, 0.25) is 0 Å². The van der Waals surface area contributed by atoms with Crippen molar-refractivity contribution in [3.63, 3.8) is 0 Å². The average Bonchev–Trinajstić information content (AvgIpc) is 2.38. The highest BCUT2D eigenvalue weighted by atomic mass is 16.4. The van der Waals surface area contributed by atoms with Crippen molar-refractivity contribution in [2.75, 3.05) is 4.90 Å². The number of anilines is 1. The van der Waals surface area contributed by atoms with E-state index in [2.05, 4.69) is 0 Å². The van der Waals surface area contributed by atoms with Gasteiger partial charge in [0.25, 0.3) is 0 Å². The Morgan fingerprint density at radius 1 is 1.06 bits per heavy atom. The molecule has 0 saturated heterocycles. The summed E-state index contributed by atoms with van der Waals surface area (Å²) in [4.78, 5) is 12.4. The number of benzene rings is 2. The summed E-state index contributed by atoms with van der Waals surface area (Å²) in [6, 6.07) is 15.0. The van der Waals surface area contributed by atoms with Gasteiger partial charge in [-0.25, -0.2) is 4.79 Å². The Labute approximate surface area is 105 Å². The first-order valence-corrected chi connectivity index (χ1v) is 5.48. The number of carboxylic acid groups (broad SMARTS) is 1. The number of rotatable bonds is 3. The molecule has 0 aliphatic rings. The first-order chi connectivity index (χ1) is 8.66. The number of carbonyl (C=O) groups is 1. The van der Waals surface area contributed by atoms with Crippen molar-refractivity contribution in [1.29, 1.82) is 0 Å². The third-order valence-electron chi connectivity index (χ3n) is 2.56. The van der Waals surface area contributed by atoms with Gasteiger partial charge in [0, 0.05) is 5.69 Å². The molecule has 2 aromatic rings. The Morgan fingerprint density at radius 2 is 1.67 bits per heavy atom. The third-order valence-corrected chi connectivity index (χ3v) is 2.56. The van der Waals surface area contributed by atoms with Crippen LogP contribution in [0.3, 0.4) is 0 Å². The van der Waals surface area contributed by atoms with E-state index in [0.717, 1.165) is 5.56 Å². The van der Waals surface area contributed by atoms with Crippen LogP contribution in [0.5, 0.6) is 5.75 Å². The molecular formula is C14H12NO3-. The molecule has 0 atom stereocenters. The zero-order valence-electron chi connectivity index (χ0n) is 9.61. The van der Waals surface area contributed by atoms with Crippen LogP contribution in [0.15, 0.2) is 54.6 Å². The maximum atomic E-state index is 11.2. The first-order valence-electron chi connectivity index (χ1n) is 5.48. The Hall–Kier alpha value is -2.49. The molecule has 0 aliphatic carbocycles. The van der Waals surface area contributed by atoms with Gasteiger partial charge >= 0.3 is 6.09 Å². The van der Waals surface area contributed by atoms with E-state index in [1.807, 2.05) is 30.3 Å². The SMILES string of the molecule is O=C(O)N(Cc1ccccc1)c1ccc([O-])cc1. The summed E-state index contributed by atoms with van der Waals surface area (Å²) in [7, 11) is 0. The van der Waals surface area contributed by atoms with Crippen molar-refractivity contribution in [3.05, 3.63) is 60.2 Å². The van der Waals surface area contributed by atoms with E-state index in [1.54, 1.807) is 0 Å². The van der Waals surface area contributed by atoms with Crippen molar-refractivity contribution >= 4 is 11.8 Å². The molecule has 0 spiro atoms. The van der Waals surface area contributed by atoms with Gasteiger partial charge in [0.2, 0.25) is 0 Å². The lowest BCUT2D eigenvalue weighted by Crippen LogP contribution is -2.28. The zero-order chi connectivity index (χ0) is 13.0. The summed E-state index contributed by atoms with van der Waals surface area (Å²) in [5, 5.41) is 20.2. The van der Waals surface area contributed by atoms with E-state index in [0.29, 0.717) is 5.69 Å². The standard InChI is InChI=1S/C14H13NO3/c16-13-8-6-12(7-9-13)15(14(17)18)10-11-4-2-1-3-5-11/h1-9,16H,10H2,(H,17,18)/p-1. The fourth-order valence-corrected chi connectivity index (χ4v) is 1.66. The minimum absolute atomic E-state index is 0.135. The first kappa shape index (κ1) is 12.0. The molecule has 0 aromatic heterocycles. The van der Waals surface area contributed by atoms with Gasteiger partial charge in [0.1, 0.15) is 0 Å². The number of nitrogens with zero attached hydrogens (tertiary/aromatic N) is 1. The molecule has 18 heavy (non-hydrogen) atoms. The summed E-state index contributed by atoms with van der Waals surface area (Å²) in [6.07, 6.45) is -1.04. The van der Waals surface area contributed by atoms with Crippen molar-refractivity contribution in [1.82, 2.24) is 0 Å². The monoisotopic (exact) mass is 242 g/mol. The number of hydrogen-bond donors (Lipinski definition) is 1. The minimum atomic E-state index is -1.04. The summed E-state index contributed by atoms with van der Waals surface area (Å²) in [5.41, 5.74) is 1.39. The zero-order valence-corrected chi connectivity index (χ0v) is 9.61. The second kappa shape index (κ2) is 5.23. The molecule has 0 heterocycles. The maximum absolute atomic E-state index is 11.2. The molecule has 0 fully saturated rings. The molecule has 1 N–H and O–H groups in total. The lowest BCUT2D eigenvalue weighted by molar-refractivity contribution is -0.268. The van der Waals surface area contributed by atoms with Crippen LogP contribution in [0.4, 0.5) is 10.5 Å². The van der Waals surface area contributed by atoms with Crippen LogP contribution in [-0.2, 0) is 6.54 Å². The van der Waals surface area contributed by atoms with Gasteiger partial charge in [-0.1, -0.05) is 42.5 Å². The highest BCUT2D eigenvalue weighted by molar-refractivity contribution is 5.85. The van der Waals surface area contributed by atoms with E-state index in [-0.39, 0.29) is 12.3 Å². The molecule has 92 valence electrons. The van der Waals surface area contributed by atoms with Gasteiger partial charge in [0.05, 0.1) is 6.54 Å². The van der Waals surface area contributed by atoms with Crippen molar-refractivity contribution in [2.24, 2.45) is 0 Å². The molecule has 4 nitrogen and oxygen atoms in total. The van der Waals surface area contributed by atoms with E-state index in [1.165, 1.54) is 29.2 Å². The molecular weight excluding hydrogens is 230 g/mol. The van der Waals surface area contributed by atoms with Gasteiger partial charge in [-0.2, -0.15) is 0 Å². The van der Waals surface area contributed by atoms with E-state index in [9.17, 15) is 15.0 Å². The summed E-state index contributed by atoms with van der Waals surface area (Å²) in [5.74, 6) is -0.135. The summed E-state index contributed by atoms with van der Waals surface area (Å²) < 4.78 is 0. The Bertz CT molecular complexity index is 522. The molecule has 0 aliphatic heterocycles. The van der Waals surface area contributed by atoms with Gasteiger partial charge in [-0.15, -0.1) is 5.75 Å². The van der Waals surface area contributed by atoms with E-state index in [4.69, 9.17) is 0 Å². The van der Waals surface area contributed by atoms with Crippen LogP contribution >= 0.6 is 0 Å². The summed E-state index contributed by atoms with van der Waals surface area (Å²) >= 11 is 0. The second-order valence-corrected chi connectivity index (χ2v) is 3.85. The predicted octanol–water partition coefficient (Wildman–Crippen LogP) is 2.44. The number of hydrogen-bond acceptors (Lipinski definition) is 2. The van der Waals surface area contributed by atoms with Crippen molar-refractivity contribution in [2.45, 2.75) is 6.54 Å². The lowest BCUT2D eigenvalue weighted by Gasteiger charge is -2.20. The summed E-state index contributed by atoms with van der Waals surface area (Å²) in [6.45, 7) is 0.258. The quantitative estimate of drug-likeness (QED) is 0.899. The Morgan fingerprint density at radius 3 is 2.22 bits per heavy atom. The van der Waals surface area contributed by atoms with Crippen LogP contribution in [0.1, 0.15) is 5.56 Å². The molecule has 0 unspecified atom stereocenters. The van der Waals surface area contributed by atoms with E-state index < -0.39 is 6.09 Å². The normalized spacial score (nSPS) is 10.0. The molecule has 1 amide bonds. The second-order valence-electron chi connectivity index (χ2n) is 3.85.